The molecular formula is C25H28BrClN2O6. The standard InChI is InChI=1S/C25H28BrClN2O6/c1-3-10-28(17-9-6-5-8-16(17)27)23(32)21-25-14-15(26)20(35-25)18(24(33)34-13-4-2)19(25)22(31)29(21)11-7-12-30/h3-6,8-9,15,18-21,30H,1-2,7,10-14H2/t15?,18-,19+,20-,21?,25?/m1/s1. The zero-order valence-electron chi connectivity index (χ0n) is 19.1. The second-order valence-electron chi connectivity index (χ2n) is 8.88. The fraction of sp³-hybridized carbons (Fsp3) is 0.480. The number of nitrogens with zero attached hydrogens (tertiary/aromatic N) is 2. The number of likely N-dealkylation sites (tertiary alicyclic amines) is 1. The third kappa shape index (κ3) is 4.22. The Morgan fingerprint density at radius 1 is 1.34 bits per heavy atom. The minimum atomic E-state index is -1.22. The van der Waals surface area contributed by atoms with E-state index < -0.39 is 35.6 Å². The summed E-state index contributed by atoms with van der Waals surface area (Å²) in [6.45, 7) is 7.51. The van der Waals surface area contributed by atoms with Crippen LogP contribution in [0.1, 0.15) is 12.8 Å². The Kier molecular flexibility index (Phi) is 7.71. The lowest BCUT2D eigenvalue weighted by Crippen LogP contribution is -2.57. The molecule has 2 amide bonds. The molecule has 1 N–H and O–H groups in total. The minimum absolute atomic E-state index is 0.0130. The molecule has 188 valence electrons. The topological polar surface area (TPSA) is 96.4 Å². The number of fused-ring (bicyclic) bond motifs is 1. The summed E-state index contributed by atoms with van der Waals surface area (Å²) in [4.78, 5) is 43.7. The monoisotopic (exact) mass is 566 g/mol. The first kappa shape index (κ1) is 25.9. The molecule has 6 atom stereocenters. The van der Waals surface area contributed by atoms with E-state index in [1.54, 1.807) is 30.3 Å². The summed E-state index contributed by atoms with van der Waals surface area (Å²) in [6, 6.07) is 5.93. The number of carbonyl (C=O) groups excluding carboxylic acids is 3. The summed E-state index contributed by atoms with van der Waals surface area (Å²) in [7, 11) is 0. The van der Waals surface area contributed by atoms with Crippen molar-refractivity contribution in [3.8, 4) is 0 Å². The van der Waals surface area contributed by atoms with Gasteiger partial charge >= 0.3 is 5.97 Å². The van der Waals surface area contributed by atoms with E-state index in [9.17, 15) is 19.5 Å². The van der Waals surface area contributed by atoms with Crippen LogP contribution in [0.25, 0.3) is 0 Å². The van der Waals surface area contributed by atoms with Crippen molar-refractivity contribution in [3.05, 3.63) is 54.6 Å². The molecule has 1 aromatic rings. The van der Waals surface area contributed by atoms with E-state index in [1.807, 2.05) is 0 Å². The Hall–Kier alpha value is -2.20. The molecule has 1 aromatic carbocycles. The summed E-state index contributed by atoms with van der Waals surface area (Å²) < 4.78 is 11.7. The average molecular weight is 568 g/mol. The van der Waals surface area contributed by atoms with Gasteiger partial charge < -0.3 is 24.4 Å². The van der Waals surface area contributed by atoms with Crippen molar-refractivity contribution in [1.82, 2.24) is 4.90 Å². The highest BCUT2D eigenvalue weighted by molar-refractivity contribution is 9.09. The van der Waals surface area contributed by atoms with Crippen LogP contribution in [0.5, 0.6) is 0 Å². The number of benzene rings is 1. The smallest absolute Gasteiger partial charge is 0.312 e. The summed E-state index contributed by atoms with van der Waals surface area (Å²) in [5.41, 5.74) is -0.737. The second-order valence-corrected chi connectivity index (χ2v) is 10.5. The SMILES string of the molecule is C=CCOC(=O)[C@H]1[C@@H]2OC3(CC2Br)C(C(=O)N(CC=C)c2ccccc2Cl)N(CCCO)C(=O)[C@H]13. The molecule has 4 rings (SSSR count). The van der Waals surface area contributed by atoms with Crippen molar-refractivity contribution >= 4 is 51.0 Å². The number of amides is 2. The van der Waals surface area contributed by atoms with Crippen LogP contribution in [-0.4, -0.2) is 76.7 Å². The zero-order valence-corrected chi connectivity index (χ0v) is 21.5. The van der Waals surface area contributed by atoms with E-state index in [1.165, 1.54) is 15.9 Å². The quantitative estimate of drug-likeness (QED) is 0.265. The number of hydrogen-bond acceptors (Lipinski definition) is 6. The predicted octanol–water partition coefficient (Wildman–Crippen LogP) is 2.72. The number of alkyl halides is 1. The Morgan fingerprint density at radius 2 is 2.09 bits per heavy atom. The molecular weight excluding hydrogens is 540 g/mol. The molecule has 3 fully saturated rings. The van der Waals surface area contributed by atoms with Gasteiger partial charge in [-0.25, -0.2) is 0 Å². The van der Waals surface area contributed by atoms with Crippen molar-refractivity contribution in [1.29, 1.82) is 0 Å². The highest BCUT2D eigenvalue weighted by Gasteiger charge is 2.77. The van der Waals surface area contributed by atoms with Gasteiger partial charge in [0, 0.05) is 24.5 Å². The maximum Gasteiger partial charge on any atom is 0.312 e. The lowest BCUT2D eigenvalue weighted by atomic mass is 9.70. The molecule has 2 bridgehead atoms. The van der Waals surface area contributed by atoms with E-state index in [0.29, 0.717) is 17.1 Å². The van der Waals surface area contributed by atoms with Crippen LogP contribution in [0.2, 0.25) is 5.02 Å². The number of halogens is 2. The zero-order chi connectivity index (χ0) is 25.3. The van der Waals surface area contributed by atoms with E-state index in [4.69, 9.17) is 21.1 Å². The first-order chi connectivity index (χ1) is 16.8. The van der Waals surface area contributed by atoms with Gasteiger partial charge in [-0.3, -0.25) is 14.4 Å². The first-order valence-electron chi connectivity index (χ1n) is 11.5. The van der Waals surface area contributed by atoms with Crippen molar-refractivity contribution in [2.24, 2.45) is 11.8 Å². The number of anilines is 1. The van der Waals surface area contributed by atoms with Gasteiger partial charge in [-0.1, -0.05) is 58.4 Å². The van der Waals surface area contributed by atoms with Crippen LogP contribution in [0.3, 0.4) is 0 Å². The van der Waals surface area contributed by atoms with Crippen molar-refractivity contribution < 1.29 is 29.0 Å². The molecule has 3 unspecified atom stereocenters. The van der Waals surface area contributed by atoms with Gasteiger partial charge in [-0.05, 0) is 25.0 Å². The van der Waals surface area contributed by atoms with Crippen LogP contribution in [0.15, 0.2) is 49.6 Å². The number of carbonyl (C=O) groups is 3. The van der Waals surface area contributed by atoms with Gasteiger partial charge in [0.25, 0.3) is 5.91 Å². The van der Waals surface area contributed by atoms with Crippen LogP contribution in [0, 0.1) is 11.8 Å². The molecule has 0 aromatic heterocycles. The molecule has 3 saturated heterocycles. The number of aliphatic hydroxyl groups is 1. The van der Waals surface area contributed by atoms with Gasteiger partial charge in [0.15, 0.2) is 0 Å². The largest absolute Gasteiger partial charge is 0.461 e. The molecule has 35 heavy (non-hydrogen) atoms. The van der Waals surface area contributed by atoms with Gasteiger partial charge in [0.1, 0.15) is 18.2 Å². The van der Waals surface area contributed by atoms with E-state index in [-0.39, 0.29) is 49.4 Å². The number of hydrogen-bond donors (Lipinski definition) is 1. The normalized spacial score (nSPS) is 30.8. The van der Waals surface area contributed by atoms with Crippen molar-refractivity contribution in [3.63, 3.8) is 0 Å². The first-order valence-corrected chi connectivity index (χ1v) is 12.8. The Labute approximate surface area is 217 Å². The van der Waals surface area contributed by atoms with Gasteiger partial charge in [0.2, 0.25) is 5.91 Å². The fourth-order valence-corrected chi connectivity index (χ4v) is 6.83. The number of ether oxygens (including phenoxy) is 2. The summed E-state index contributed by atoms with van der Waals surface area (Å²) in [6.07, 6.45) is 3.08. The predicted molar refractivity (Wildman–Crippen MR) is 134 cm³/mol. The molecule has 0 radical (unpaired) electrons. The van der Waals surface area contributed by atoms with Crippen LogP contribution in [0.4, 0.5) is 5.69 Å². The molecule has 3 heterocycles. The molecule has 3 aliphatic heterocycles. The molecule has 0 saturated carbocycles. The highest BCUT2D eigenvalue weighted by Crippen LogP contribution is 2.60. The molecule has 10 heteroatoms. The third-order valence-corrected chi connectivity index (χ3v) is 8.08. The second kappa shape index (κ2) is 10.4. The van der Waals surface area contributed by atoms with Crippen molar-refractivity contribution in [2.45, 2.75) is 35.4 Å². The van der Waals surface area contributed by atoms with Crippen molar-refractivity contribution in [2.75, 3.05) is 31.2 Å². The number of esters is 1. The van der Waals surface area contributed by atoms with Crippen LogP contribution in [-0.2, 0) is 23.9 Å². The lowest BCUT2D eigenvalue weighted by Gasteiger charge is -2.37. The lowest BCUT2D eigenvalue weighted by molar-refractivity contribution is -0.153. The molecule has 8 nitrogen and oxygen atoms in total. The highest BCUT2D eigenvalue weighted by atomic mass is 79.9. The molecule has 1 spiro atoms. The maximum atomic E-state index is 14.2. The number of rotatable bonds is 10. The van der Waals surface area contributed by atoms with E-state index >= 15 is 0 Å². The van der Waals surface area contributed by atoms with Gasteiger partial charge in [0.05, 0.1) is 28.6 Å². The Bertz CT molecular complexity index is 1040. The van der Waals surface area contributed by atoms with E-state index in [0.717, 1.165) is 0 Å². The molecule has 3 aliphatic rings. The number of aliphatic hydroxyl groups excluding tert-OH is 1. The molecule has 0 aliphatic carbocycles. The summed E-state index contributed by atoms with van der Waals surface area (Å²) in [5.74, 6) is -3.01. The maximum absolute atomic E-state index is 14.2. The van der Waals surface area contributed by atoms with Gasteiger partial charge in [-0.2, -0.15) is 0 Å². The summed E-state index contributed by atoms with van der Waals surface area (Å²) in [5, 5.41) is 9.85. The van der Waals surface area contributed by atoms with Crippen LogP contribution < -0.4 is 4.90 Å². The third-order valence-electron chi connectivity index (χ3n) is 6.92. The minimum Gasteiger partial charge on any atom is -0.461 e. The fourth-order valence-electron chi connectivity index (χ4n) is 5.65. The van der Waals surface area contributed by atoms with E-state index in [2.05, 4.69) is 29.1 Å². The summed E-state index contributed by atoms with van der Waals surface area (Å²) >= 11 is 10.0. The average Bonchev–Trinajstić information content (AvgIpc) is 3.43. The van der Waals surface area contributed by atoms with Gasteiger partial charge in [-0.15, -0.1) is 6.58 Å². The number of para-hydroxylation sites is 1. The van der Waals surface area contributed by atoms with Crippen LogP contribution >= 0.6 is 27.5 Å². The Morgan fingerprint density at radius 3 is 2.74 bits per heavy atom. The Balaban J connectivity index is 1.78.